The fourth-order valence-corrected chi connectivity index (χ4v) is 3.25. The average Bonchev–Trinajstić information content (AvgIpc) is 3.30. The molecule has 0 aliphatic heterocycles. The fourth-order valence-electron chi connectivity index (χ4n) is 3.25. The van der Waals surface area contributed by atoms with Crippen LogP contribution in [-0.2, 0) is 0 Å². The number of nitrogens with zero attached hydrogens (tertiary/aromatic N) is 3. The van der Waals surface area contributed by atoms with E-state index in [4.69, 9.17) is 4.42 Å². The highest BCUT2D eigenvalue weighted by atomic mass is 19.1. The predicted octanol–water partition coefficient (Wildman–Crippen LogP) is 4.90. The van der Waals surface area contributed by atoms with Gasteiger partial charge in [0.25, 0.3) is 5.91 Å². The van der Waals surface area contributed by atoms with Crippen molar-refractivity contribution in [2.24, 2.45) is 0 Å². The van der Waals surface area contributed by atoms with E-state index >= 15 is 0 Å². The molecule has 0 saturated heterocycles. The van der Waals surface area contributed by atoms with Gasteiger partial charge in [0.1, 0.15) is 22.8 Å². The van der Waals surface area contributed by atoms with Gasteiger partial charge >= 0.3 is 0 Å². The van der Waals surface area contributed by atoms with Gasteiger partial charge in [-0.2, -0.15) is 5.10 Å². The summed E-state index contributed by atoms with van der Waals surface area (Å²) in [7, 11) is 1.72. The molecule has 2 aromatic heterocycles. The summed E-state index contributed by atoms with van der Waals surface area (Å²) in [5, 5.41) is 5.22. The molecule has 0 bridgehead atoms. The van der Waals surface area contributed by atoms with E-state index in [-0.39, 0.29) is 11.9 Å². The van der Waals surface area contributed by atoms with Gasteiger partial charge in [0, 0.05) is 12.4 Å². The van der Waals surface area contributed by atoms with Crippen LogP contribution >= 0.6 is 0 Å². The molecular formula is C22H20FN3O2. The van der Waals surface area contributed by atoms with Crippen LogP contribution in [0, 0.1) is 12.7 Å². The molecule has 0 spiro atoms. The van der Waals surface area contributed by atoms with Gasteiger partial charge in [0.05, 0.1) is 23.5 Å². The Hall–Kier alpha value is -3.41. The molecule has 0 aliphatic carbocycles. The lowest BCUT2D eigenvalue weighted by Gasteiger charge is -2.23. The molecule has 0 saturated carbocycles. The van der Waals surface area contributed by atoms with Crippen molar-refractivity contribution in [3.8, 4) is 5.69 Å². The second-order valence-electron chi connectivity index (χ2n) is 6.79. The van der Waals surface area contributed by atoms with Crippen molar-refractivity contribution in [2.75, 3.05) is 7.05 Å². The largest absolute Gasteiger partial charge is 0.459 e. The zero-order valence-corrected chi connectivity index (χ0v) is 15.9. The second-order valence-corrected chi connectivity index (χ2v) is 6.79. The van der Waals surface area contributed by atoms with Crippen molar-refractivity contribution >= 4 is 16.9 Å². The van der Waals surface area contributed by atoms with E-state index in [1.807, 2.05) is 37.3 Å². The highest BCUT2D eigenvalue weighted by Gasteiger charge is 2.25. The number of carbonyl (C=O) groups is 1. The SMILES string of the molecule is Cc1c(C(=O)N(C)C(C)c2cc3ccccc3o2)cnn1-c1ccccc1F. The number of amides is 1. The van der Waals surface area contributed by atoms with Crippen LogP contribution in [0.4, 0.5) is 4.39 Å². The van der Waals surface area contributed by atoms with Gasteiger partial charge in [-0.25, -0.2) is 9.07 Å². The quantitative estimate of drug-likeness (QED) is 0.508. The van der Waals surface area contributed by atoms with E-state index in [1.54, 1.807) is 37.1 Å². The summed E-state index contributed by atoms with van der Waals surface area (Å²) in [4.78, 5) is 14.7. The highest BCUT2D eigenvalue weighted by Crippen LogP contribution is 2.28. The van der Waals surface area contributed by atoms with Crippen molar-refractivity contribution in [3.63, 3.8) is 0 Å². The molecule has 4 rings (SSSR count). The van der Waals surface area contributed by atoms with Gasteiger partial charge in [-0.1, -0.05) is 30.3 Å². The van der Waals surface area contributed by atoms with Crippen LogP contribution in [0.1, 0.15) is 34.8 Å². The second kappa shape index (κ2) is 6.96. The number of benzene rings is 2. The molecule has 0 N–H and O–H groups in total. The first kappa shape index (κ1) is 18.0. The summed E-state index contributed by atoms with van der Waals surface area (Å²) in [5.74, 6) is 0.112. The Morgan fingerprint density at radius 2 is 1.89 bits per heavy atom. The molecule has 0 fully saturated rings. The van der Waals surface area contributed by atoms with Crippen LogP contribution in [0.5, 0.6) is 0 Å². The maximum Gasteiger partial charge on any atom is 0.257 e. The van der Waals surface area contributed by atoms with E-state index in [9.17, 15) is 9.18 Å². The minimum absolute atomic E-state index is 0.201. The minimum Gasteiger partial charge on any atom is -0.459 e. The predicted molar refractivity (Wildman–Crippen MR) is 105 cm³/mol. The molecule has 4 aromatic rings. The topological polar surface area (TPSA) is 51.3 Å². The van der Waals surface area contributed by atoms with Crippen LogP contribution in [0.25, 0.3) is 16.7 Å². The number of hydrogen-bond acceptors (Lipinski definition) is 3. The lowest BCUT2D eigenvalue weighted by molar-refractivity contribution is 0.0726. The monoisotopic (exact) mass is 377 g/mol. The lowest BCUT2D eigenvalue weighted by atomic mass is 10.1. The Labute approximate surface area is 162 Å². The third kappa shape index (κ3) is 2.97. The van der Waals surface area contributed by atoms with Gasteiger partial charge < -0.3 is 9.32 Å². The smallest absolute Gasteiger partial charge is 0.257 e. The summed E-state index contributed by atoms with van der Waals surface area (Å²) in [6.07, 6.45) is 1.48. The van der Waals surface area contributed by atoms with Crippen LogP contribution in [0.15, 0.2) is 65.2 Å². The first-order valence-corrected chi connectivity index (χ1v) is 9.02. The summed E-state index contributed by atoms with van der Waals surface area (Å²) in [5.41, 5.74) is 2.10. The Bertz CT molecular complexity index is 1130. The van der Waals surface area contributed by atoms with Crippen molar-refractivity contribution in [2.45, 2.75) is 19.9 Å². The maximum atomic E-state index is 14.1. The van der Waals surface area contributed by atoms with Crippen LogP contribution in [0.2, 0.25) is 0 Å². The number of fused-ring (bicyclic) bond motifs is 1. The summed E-state index contributed by atoms with van der Waals surface area (Å²) in [6.45, 7) is 3.67. The summed E-state index contributed by atoms with van der Waals surface area (Å²) >= 11 is 0. The number of aromatic nitrogens is 2. The number of para-hydroxylation sites is 2. The molecule has 1 unspecified atom stereocenters. The maximum absolute atomic E-state index is 14.1. The van der Waals surface area contributed by atoms with E-state index in [1.165, 1.54) is 16.9 Å². The molecule has 5 nitrogen and oxygen atoms in total. The third-order valence-electron chi connectivity index (χ3n) is 5.08. The molecular weight excluding hydrogens is 357 g/mol. The van der Waals surface area contributed by atoms with E-state index < -0.39 is 5.82 Å². The van der Waals surface area contributed by atoms with E-state index in [0.29, 0.717) is 22.7 Å². The van der Waals surface area contributed by atoms with Gasteiger partial charge in [0.2, 0.25) is 0 Å². The average molecular weight is 377 g/mol. The first-order chi connectivity index (χ1) is 13.5. The number of carbonyl (C=O) groups excluding carboxylic acids is 1. The van der Waals surface area contributed by atoms with Crippen molar-refractivity contribution < 1.29 is 13.6 Å². The Balaban J connectivity index is 1.63. The third-order valence-corrected chi connectivity index (χ3v) is 5.08. The van der Waals surface area contributed by atoms with Crippen LogP contribution in [0.3, 0.4) is 0 Å². The van der Waals surface area contributed by atoms with E-state index in [0.717, 1.165) is 11.0 Å². The van der Waals surface area contributed by atoms with Gasteiger partial charge in [-0.05, 0) is 38.1 Å². The van der Waals surface area contributed by atoms with Gasteiger partial charge in [0.15, 0.2) is 0 Å². The van der Waals surface area contributed by atoms with Crippen LogP contribution in [-0.4, -0.2) is 27.6 Å². The van der Waals surface area contributed by atoms with E-state index in [2.05, 4.69) is 5.10 Å². The summed E-state index contributed by atoms with van der Waals surface area (Å²) in [6, 6.07) is 15.8. The Morgan fingerprint density at radius 3 is 2.64 bits per heavy atom. The number of furan rings is 1. The highest BCUT2D eigenvalue weighted by molar-refractivity contribution is 5.95. The zero-order chi connectivity index (χ0) is 19.8. The minimum atomic E-state index is -0.392. The van der Waals surface area contributed by atoms with Crippen molar-refractivity contribution in [1.29, 1.82) is 0 Å². The molecule has 2 heterocycles. The molecule has 1 amide bonds. The van der Waals surface area contributed by atoms with Crippen LogP contribution < -0.4 is 0 Å². The number of hydrogen-bond donors (Lipinski definition) is 0. The first-order valence-electron chi connectivity index (χ1n) is 9.02. The van der Waals surface area contributed by atoms with Gasteiger partial charge in [-0.3, -0.25) is 4.79 Å². The number of rotatable bonds is 4. The summed E-state index contributed by atoms with van der Waals surface area (Å²) < 4.78 is 21.4. The number of halogens is 1. The standard InChI is InChI=1S/C22H20FN3O2/c1-14-17(13-24-26(14)19-10-6-5-9-18(19)23)22(27)25(3)15(2)21-12-16-8-4-7-11-20(16)28-21/h4-13,15H,1-3H3. The zero-order valence-electron chi connectivity index (χ0n) is 15.9. The molecule has 0 radical (unpaired) electrons. The Morgan fingerprint density at radius 1 is 1.18 bits per heavy atom. The van der Waals surface area contributed by atoms with Gasteiger partial charge in [-0.15, -0.1) is 0 Å². The lowest BCUT2D eigenvalue weighted by Crippen LogP contribution is -2.29. The van der Waals surface area contributed by atoms with Crippen molar-refractivity contribution in [1.82, 2.24) is 14.7 Å². The molecule has 6 heteroatoms. The molecule has 1 atom stereocenters. The van der Waals surface area contributed by atoms with Crippen molar-refractivity contribution in [3.05, 3.63) is 83.6 Å². The molecule has 142 valence electrons. The fraction of sp³-hybridized carbons (Fsp3) is 0.182. The Kier molecular flexibility index (Phi) is 4.47. The molecule has 0 aliphatic rings. The normalized spacial score (nSPS) is 12.3. The molecule has 2 aromatic carbocycles. The molecule has 28 heavy (non-hydrogen) atoms.